The third kappa shape index (κ3) is 2.80. The molecule has 1 fully saturated rings. The minimum Gasteiger partial charge on any atom is -0.475 e. The van der Waals surface area contributed by atoms with Gasteiger partial charge in [-0.15, -0.1) is 0 Å². The molecular weight excluding hydrogens is 300 g/mol. The van der Waals surface area contributed by atoms with E-state index in [2.05, 4.69) is 5.32 Å². The van der Waals surface area contributed by atoms with Crippen molar-refractivity contribution < 1.29 is 23.9 Å². The summed E-state index contributed by atoms with van der Waals surface area (Å²) in [7, 11) is 0. The van der Waals surface area contributed by atoms with Crippen LogP contribution in [0.3, 0.4) is 0 Å². The normalized spacial score (nSPS) is 17.4. The molecule has 0 bridgehead atoms. The third-order valence-electron chi connectivity index (χ3n) is 3.62. The number of aromatic carboxylic acids is 1. The van der Waals surface area contributed by atoms with Crippen LogP contribution in [-0.4, -0.2) is 27.9 Å². The molecule has 118 valence electrons. The smallest absolute Gasteiger partial charge is 0.371 e. The number of hydrogen-bond donors (Lipinski definition) is 2. The van der Waals surface area contributed by atoms with Crippen LogP contribution in [0, 0.1) is 6.92 Å². The van der Waals surface area contributed by atoms with Crippen LogP contribution in [0.25, 0.3) is 0 Å². The number of nitrogens with zero attached hydrogens (tertiary/aromatic N) is 1. The first kappa shape index (κ1) is 14.8. The Morgan fingerprint density at radius 1 is 1.22 bits per heavy atom. The third-order valence-corrected chi connectivity index (χ3v) is 3.62. The predicted octanol–water partition coefficient (Wildman–Crippen LogP) is 2.08. The highest BCUT2D eigenvalue weighted by Crippen LogP contribution is 2.24. The van der Waals surface area contributed by atoms with Crippen molar-refractivity contribution in [3.05, 3.63) is 59.0 Å². The molecule has 1 aromatic carbocycles. The molecule has 1 aromatic heterocycles. The van der Waals surface area contributed by atoms with Gasteiger partial charge < -0.3 is 14.8 Å². The predicted molar refractivity (Wildman–Crippen MR) is 78.7 cm³/mol. The highest BCUT2D eigenvalue weighted by molar-refractivity contribution is 6.04. The monoisotopic (exact) mass is 314 g/mol. The van der Waals surface area contributed by atoms with Crippen LogP contribution in [0.5, 0.6) is 0 Å². The SMILES string of the molecule is Cc1ccc(C2NC(=O)N(Cc3ccc(C(=O)O)o3)C2=O)cc1. The van der Waals surface area contributed by atoms with Crippen molar-refractivity contribution in [2.24, 2.45) is 0 Å². The van der Waals surface area contributed by atoms with E-state index in [1.807, 2.05) is 19.1 Å². The lowest BCUT2D eigenvalue weighted by Gasteiger charge is -2.11. The van der Waals surface area contributed by atoms with Crippen molar-refractivity contribution in [3.63, 3.8) is 0 Å². The van der Waals surface area contributed by atoms with E-state index in [-0.39, 0.29) is 18.1 Å². The maximum Gasteiger partial charge on any atom is 0.371 e. The summed E-state index contributed by atoms with van der Waals surface area (Å²) in [4.78, 5) is 36.2. The maximum atomic E-state index is 12.4. The Kier molecular flexibility index (Phi) is 3.61. The van der Waals surface area contributed by atoms with E-state index < -0.39 is 23.9 Å². The molecule has 2 heterocycles. The molecule has 1 aliphatic rings. The van der Waals surface area contributed by atoms with Crippen LogP contribution < -0.4 is 5.32 Å². The van der Waals surface area contributed by atoms with Gasteiger partial charge in [0.05, 0.1) is 6.54 Å². The van der Waals surface area contributed by atoms with Crippen LogP contribution >= 0.6 is 0 Å². The van der Waals surface area contributed by atoms with E-state index >= 15 is 0 Å². The highest BCUT2D eigenvalue weighted by Gasteiger charge is 2.39. The lowest BCUT2D eigenvalue weighted by Crippen LogP contribution is -2.30. The van der Waals surface area contributed by atoms with Gasteiger partial charge in [-0.1, -0.05) is 29.8 Å². The van der Waals surface area contributed by atoms with Crippen molar-refractivity contribution in [2.75, 3.05) is 0 Å². The molecule has 1 saturated heterocycles. The molecule has 0 radical (unpaired) electrons. The Labute approximate surface area is 131 Å². The molecule has 0 aliphatic carbocycles. The van der Waals surface area contributed by atoms with Gasteiger partial charge in [-0.25, -0.2) is 9.59 Å². The fourth-order valence-corrected chi connectivity index (χ4v) is 2.39. The number of hydrogen-bond acceptors (Lipinski definition) is 4. The van der Waals surface area contributed by atoms with Crippen molar-refractivity contribution >= 4 is 17.9 Å². The Morgan fingerprint density at radius 3 is 2.52 bits per heavy atom. The minimum absolute atomic E-state index is 0.111. The van der Waals surface area contributed by atoms with E-state index in [4.69, 9.17) is 9.52 Å². The number of imide groups is 1. The number of carboxylic acids is 1. The Bertz CT molecular complexity index is 778. The highest BCUT2D eigenvalue weighted by atomic mass is 16.4. The van der Waals surface area contributed by atoms with Gasteiger partial charge in [-0.05, 0) is 24.6 Å². The van der Waals surface area contributed by atoms with E-state index in [0.717, 1.165) is 10.5 Å². The molecule has 7 nitrogen and oxygen atoms in total. The molecule has 0 saturated carbocycles. The number of nitrogens with one attached hydrogen (secondary N) is 1. The van der Waals surface area contributed by atoms with Gasteiger partial charge in [0, 0.05) is 0 Å². The number of carbonyl (C=O) groups excluding carboxylic acids is 2. The first-order valence-corrected chi connectivity index (χ1v) is 6.96. The number of benzene rings is 1. The number of rotatable bonds is 4. The summed E-state index contributed by atoms with van der Waals surface area (Å²) in [6.45, 7) is 1.82. The van der Waals surface area contributed by atoms with Gasteiger partial charge in [0.15, 0.2) is 0 Å². The van der Waals surface area contributed by atoms with Crippen LogP contribution in [0.15, 0.2) is 40.8 Å². The summed E-state index contributed by atoms with van der Waals surface area (Å²) in [6.07, 6.45) is 0. The first-order valence-electron chi connectivity index (χ1n) is 6.96. The van der Waals surface area contributed by atoms with Gasteiger partial charge in [-0.2, -0.15) is 0 Å². The quantitative estimate of drug-likeness (QED) is 0.842. The Balaban J connectivity index is 1.78. The molecule has 1 atom stereocenters. The van der Waals surface area contributed by atoms with E-state index in [0.29, 0.717) is 5.56 Å². The molecule has 3 amide bonds. The van der Waals surface area contributed by atoms with Crippen molar-refractivity contribution in [2.45, 2.75) is 19.5 Å². The fourth-order valence-electron chi connectivity index (χ4n) is 2.39. The maximum absolute atomic E-state index is 12.4. The number of carbonyl (C=O) groups is 3. The summed E-state index contributed by atoms with van der Waals surface area (Å²) in [6, 6.07) is 8.75. The second-order valence-electron chi connectivity index (χ2n) is 5.29. The average molecular weight is 314 g/mol. The van der Waals surface area contributed by atoms with Gasteiger partial charge in [0.1, 0.15) is 11.8 Å². The number of amides is 3. The molecule has 7 heteroatoms. The largest absolute Gasteiger partial charge is 0.475 e. The van der Waals surface area contributed by atoms with Crippen molar-refractivity contribution in [1.29, 1.82) is 0 Å². The lowest BCUT2D eigenvalue weighted by molar-refractivity contribution is -0.128. The van der Waals surface area contributed by atoms with Crippen molar-refractivity contribution in [1.82, 2.24) is 10.2 Å². The van der Waals surface area contributed by atoms with Crippen LogP contribution in [0.1, 0.15) is 33.5 Å². The van der Waals surface area contributed by atoms with Gasteiger partial charge in [-0.3, -0.25) is 9.69 Å². The van der Waals surface area contributed by atoms with Gasteiger partial charge in [0.25, 0.3) is 5.91 Å². The topological polar surface area (TPSA) is 99.8 Å². The molecule has 2 N–H and O–H groups in total. The van der Waals surface area contributed by atoms with Gasteiger partial charge >= 0.3 is 12.0 Å². The summed E-state index contributed by atoms with van der Waals surface area (Å²) in [5.41, 5.74) is 1.75. The Hall–Kier alpha value is -3.09. The Morgan fingerprint density at radius 2 is 1.91 bits per heavy atom. The zero-order valence-electron chi connectivity index (χ0n) is 12.3. The summed E-state index contributed by atoms with van der Waals surface area (Å²) in [5, 5.41) is 11.4. The summed E-state index contributed by atoms with van der Waals surface area (Å²) < 4.78 is 5.09. The molecule has 2 aromatic rings. The minimum atomic E-state index is -1.20. The molecule has 3 rings (SSSR count). The second-order valence-corrected chi connectivity index (χ2v) is 5.29. The zero-order chi connectivity index (χ0) is 16.6. The van der Waals surface area contributed by atoms with Crippen LogP contribution in [0.4, 0.5) is 4.79 Å². The number of aryl methyl sites for hydroxylation is 1. The van der Waals surface area contributed by atoms with E-state index in [1.165, 1.54) is 12.1 Å². The summed E-state index contributed by atoms with van der Waals surface area (Å²) >= 11 is 0. The van der Waals surface area contributed by atoms with E-state index in [9.17, 15) is 14.4 Å². The summed E-state index contributed by atoms with van der Waals surface area (Å²) in [5.74, 6) is -1.60. The molecule has 1 unspecified atom stereocenters. The molecule has 1 aliphatic heterocycles. The number of furan rings is 1. The van der Waals surface area contributed by atoms with Crippen LogP contribution in [0.2, 0.25) is 0 Å². The standard InChI is InChI=1S/C16H14N2O5/c1-9-2-4-10(5-3-9)13-14(19)18(16(22)17-13)8-11-6-7-12(23-11)15(20)21/h2-7,13H,8H2,1H3,(H,17,22)(H,20,21). The van der Waals surface area contributed by atoms with E-state index in [1.54, 1.807) is 12.1 Å². The lowest BCUT2D eigenvalue weighted by atomic mass is 10.1. The van der Waals surface area contributed by atoms with Crippen molar-refractivity contribution in [3.8, 4) is 0 Å². The average Bonchev–Trinajstić information content (AvgIpc) is 3.09. The molecule has 23 heavy (non-hydrogen) atoms. The second kappa shape index (κ2) is 5.60. The zero-order valence-corrected chi connectivity index (χ0v) is 12.3. The van der Waals surface area contributed by atoms with Gasteiger partial charge in [0.2, 0.25) is 5.76 Å². The fraction of sp³-hybridized carbons (Fsp3) is 0.188. The van der Waals surface area contributed by atoms with Crippen LogP contribution in [-0.2, 0) is 11.3 Å². The first-order chi connectivity index (χ1) is 11.0. The molecule has 0 spiro atoms. The number of carboxylic acid groups (broad SMARTS) is 1. The molecular formula is C16H14N2O5. The number of urea groups is 1.